The molecule has 0 fully saturated rings. The predicted molar refractivity (Wildman–Crippen MR) is 79.2 cm³/mol. The summed E-state index contributed by atoms with van der Waals surface area (Å²) in [6.45, 7) is 8.02. The number of halogens is 1. The number of aryl methyl sites for hydroxylation is 1. The molecule has 2 aromatic rings. The van der Waals surface area contributed by atoms with Gasteiger partial charge in [0.25, 0.3) is 0 Å². The molecule has 3 nitrogen and oxygen atoms in total. The van der Waals surface area contributed by atoms with Crippen molar-refractivity contribution in [3.8, 4) is 0 Å². The molecular weight excluding hydrogens is 253 g/mol. The van der Waals surface area contributed by atoms with Crippen LogP contribution < -0.4 is 5.73 Å². The SMILES string of the molecule is CCC(N)C(c1ccccc1F)n1nc(C)c(C)c1C. The molecule has 0 saturated heterocycles. The van der Waals surface area contributed by atoms with Crippen LogP contribution >= 0.6 is 0 Å². The molecule has 0 amide bonds. The highest BCUT2D eigenvalue weighted by atomic mass is 19.1. The summed E-state index contributed by atoms with van der Waals surface area (Å²) in [7, 11) is 0. The average Bonchev–Trinajstić information content (AvgIpc) is 2.69. The van der Waals surface area contributed by atoms with Gasteiger partial charge in [-0.25, -0.2) is 4.39 Å². The third-order valence-electron chi connectivity index (χ3n) is 4.05. The van der Waals surface area contributed by atoms with E-state index in [4.69, 9.17) is 5.73 Å². The molecule has 0 aliphatic heterocycles. The van der Waals surface area contributed by atoms with Crippen molar-refractivity contribution >= 4 is 0 Å². The van der Waals surface area contributed by atoms with Gasteiger partial charge in [-0.15, -0.1) is 0 Å². The molecule has 20 heavy (non-hydrogen) atoms. The van der Waals surface area contributed by atoms with Crippen molar-refractivity contribution in [2.24, 2.45) is 5.73 Å². The standard InChI is InChI=1S/C16H22FN3/c1-5-15(18)16(13-8-6-7-9-14(13)17)20-12(4)10(2)11(3)19-20/h6-9,15-16H,5,18H2,1-4H3. The van der Waals surface area contributed by atoms with Crippen molar-refractivity contribution in [3.05, 3.63) is 52.6 Å². The van der Waals surface area contributed by atoms with Crippen LogP contribution in [0.2, 0.25) is 0 Å². The van der Waals surface area contributed by atoms with Gasteiger partial charge >= 0.3 is 0 Å². The topological polar surface area (TPSA) is 43.8 Å². The van der Waals surface area contributed by atoms with Crippen LogP contribution in [0.25, 0.3) is 0 Å². The molecule has 1 aromatic heterocycles. The van der Waals surface area contributed by atoms with Crippen LogP contribution in [0.3, 0.4) is 0 Å². The molecule has 2 atom stereocenters. The summed E-state index contributed by atoms with van der Waals surface area (Å²) in [4.78, 5) is 0. The predicted octanol–water partition coefficient (Wildman–Crippen LogP) is 3.27. The monoisotopic (exact) mass is 275 g/mol. The zero-order valence-corrected chi connectivity index (χ0v) is 12.5. The average molecular weight is 275 g/mol. The quantitative estimate of drug-likeness (QED) is 0.930. The molecule has 0 aliphatic rings. The van der Waals surface area contributed by atoms with E-state index in [1.807, 2.05) is 38.4 Å². The highest BCUT2D eigenvalue weighted by molar-refractivity contribution is 5.28. The number of benzene rings is 1. The van der Waals surface area contributed by atoms with Gasteiger partial charge in [0, 0.05) is 17.3 Å². The third kappa shape index (κ3) is 2.48. The Bertz CT molecular complexity index is 604. The van der Waals surface area contributed by atoms with Crippen molar-refractivity contribution < 1.29 is 4.39 Å². The van der Waals surface area contributed by atoms with Crippen LogP contribution in [0.1, 0.15) is 41.9 Å². The first kappa shape index (κ1) is 14.7. The summed E-state index contributed by atoms with van der Waals surface area (Å²) < 4.78 is 16.0. The second kappa shape index (κ2) is 5.75. The molecule has 0 saturated carbocycles. The van der Waals surface area contributed by atoms with E-state index in [2.05, 4.69) is 5.10 Å². The van der Waals surface area contributed by atoms with Gasteiger partial charge in [0.1, 0.15) is 5.82 Å². The van der Waals surface area contributed by atoms with E-state index < -0.39 is 0 Å². The molecule has 1 heterocycles. The molecule has 2 N–H and O–H groups in total. The second-order valence-electron chi connectivity index (χ2n) is 5.28. The van der Waals surface area contributed by atoms with E-state index in [1.165, 1.54) is 6.07 Å². The van der Waals surface area contributed by atoms with Crippen LogP contribution in [0.5, 0.6) is 0 Å². The molecule has 2 rings (SSSR count). The summed E-state index contributed by atoms with van der Waals surface area (Å²) in [6, 6.07) is 6.36. The summed E-state index contributed by atoms with van der Waals surface area (Å²) in [5.74, 6) is -0.230. The maximum atomic E-state index is 14.2. The number of hydrogen-bond acceptors (Lipinski definition) is 2. The van der Waals surface area contributed by atoms with E-state index in [-0.39, 0.29) is 17.9 Å². The molecular formula is C16H22FN3. The number of aromatic nitrogens is 2. The minimum atomic E-state index is -0.270. The maximum Gasteiger partial charge on any atom is 0.128 e. The Labute approximate surface area is 119 Å². The normalized spacial score (nSPS) is 14.3. The van der Waals surface area contributed by atoms with Gasteiger partial charge in [0.2, 0.25) is 0 Å². The van der Waals surface area contributed by atoms with Crippen molar-refractivity contribution in [2.75, 3.05) is 0 Å². The van der Waals surface area contributed by atoms with E-state index in [1.54, 1.807) is 12.1 Å². The van der Waals surface area contributed by atoms with Gasteiger partial charge in [-0.05, 0) is 38.8 Å². The van der Waals surface area contributed by atoms with Crippen LogP contribution in [-0.2, 0) is 0 Å². The Morgan fingerprint density at radius 3 is 2.40 bits per heavy atom. The molecule has 0 spiro atoms. The fourth-order valence-corrected chi connectivity index (χ4v) is 2.50. The first-order chi connectivity index (χ1) is 9.47. The summed E-state index contributed by atoms with van der Waals surface area (Å²) in [5.41, 5.74) is 10.00. The summed E-state index contributed by atoms with van der Waals surface area (Å²) in [5, 5.41) is 4.57. The fraction of sp³-hybridized carbons (Fsp3) is 0.438. The summed E-state index contributed by atoms with van der Waals surface area (Å²) in [6.07, 6.45) is 0.760. The third-order valence-corrected chi connectivity index (χ3v) is 4.05. The molecule has 0 bridgehead atoms. The Morgan fingerprint density at radius 1 is 1.25 bits per heavy atom. The maximum absolute atomic E-state index is 14.2. The smallest absolute Gasteiger partial charge is 0.128 e. The molecule has 108 valence electrons. The Balaban J connectivity index is 2.59. The van der Waals surface area contributed by atoms with Gasteiger partial charge in [-0.3, -0.25) is 4.68 Å². The van der Waals surface area contributed by atoms with E-state index in [0.717, 1.165) is 23.4 Å². The lowest BCUT2D eigenvalue weighted by atomic mass is 9.97. The highest BCUT2D eigenvalue weighted by Crippen LogP contribution is 2.27. The van der Waals surface area contributed by atoms with E-state index in [9.17, 15) is 4.39 Å². The Morgan fingerprint density at radius 2 is 1.90 bits per heavy atom. The lowest BCUT2D eigenvalue weighted by Crippen LogP contribution is -2.34. The van der Waals surface area contributed by atoms with Crippen LogP contribution in [0.15, 0.2) is 24.3 Å². The van der Waals surface area contributed by atoms with E-state index >= 15 is 0 Å². The first-order valence-corrected chi connectivity index (χ1v) is 6.99. The van der Waals surface area contributed by atoms with Crippen LogP contribution in [0.4, 0.5) is 4.39 Å². The van der Waals surface area contributed by atoms with Crippen molar-refractivity contribution in [2.45, 2.75) is 46.2 Å². The molecule has 0 aliphatic carbocycles. The van der Waals surface area contributed by atoms with Crippen molar-refractivity contribution in [1.82, 2.24) is 9.78 Å². The molecule has 0 radical (unpaired) electrons. The molecule has 2 unspecified atom stereocenters. The number of hydrogen-bond donors (Lipinski definition) is 1. The zero-order valence-electron chi connectivity index (χ0n) is 12.5. The van der Waals surface area contributed by atoms with Crippen molar-refractivity contribution in [3.63, 3.8) is 0 Å². The van der Waals surface area contributed by atoms with Gasteiger partial charge in [0.05, 0.1) is 11.7 Å². The number of nitrogens with two attached hydrogens (primary N) is 1. The minimum Gasteiger partial charge on any atom is -0.326 e. The van der Waals surface area contributed by atoms with Gasteiger partial charge in [0.15, 0.2) is 0 Å². The largest absolute Gasteiger partial charge is 0.326 e. The number of rotatable bonds is 4. The Kier molecular flexibility index (Phi) is 4.23. The van der Waals surface area contributed by atoms with Crippen molar-refractivity contribution in [1.29, 1.82) is 0 Å². The van der Waals surface area contributed by atoms with E-state index in [0.29, 0.717) is 5.56 Å². The summed E-state index contributed by atoms with van der Waals surface area (Å²) >= 11 is 0. The van der Waals surface area contributed by atoms with Gasteiger partial charge in [-0.1, -0.05) is 25.1 Å². The Hall–Kier alpha value is -1.68. The lowest BCUT2D eigenvalue weighted by molar-refractivity contribution is 0.401. The number of nitrogens with zero attached hydrogens (tertiary/aromatic N) is 2. The minimum absolute atomic E-state index is 0.177. The first-order valence-electron chi connectivity index (χ1n) is 6.99. The highest BCUT2D eigenvalue weighted by Gasteiger charge is 2.26. The van der Waals surface area contributed by atoms with Gasteiger partial charge in [-0.2, -0.15) is 5.10 Å². The zero-order chi connectivity index (χ0) is 14.9. The lowest BCUT2D eigenvalue weighted by Gasteiger charge is -2.25. The van der Waals surface area contributed by atoms with Crippen LogP contribution in [-0.4, -0.2) is 15.8 Å². The second-order valence-corrected chi connectivity index (χ2v) is 5.28. The molecule has 1 aromatic carbocycles. The fourth-order valence-electron chi connectivity index (χ4n) is 2.50. The van der Waals surface area contributed by atoms with Crippen LogP contribution in [0, 0.1) is 26.6 Å². The molecule has 4 heteroatoms. The van der Waals surface area contributed by atoms with Gasteiger partial charge < -0.3 is 5.73 Å².